The van der Waals surface area contributed by atoms with Crippen molar-refractivity contribution < 1.29 is 9.63 Å². The molecule has 0 amide bonds. The molecule has 2 aromatic heterocycles. The van der Waals surface area contributed by atoms with Crippen LogP contribution in [0.3, 0.4) is 0 Å². The van der Waals surface area contributed by atoms with Crippen LogP contribution in [0.2, 0.25) is 0 Å². The van der Waals surface area contributed by atoms with Gasteiger partial charge in [-0.2, -0.15) is 4.98 Å². The fourth-order valence-electron chi connectivity index (χ4n) is 1.44. The van der Waals surface area contributed by atoms with E-state index in [2.05, 4.69) is 15.1 Å². The largest absolute Gasteiger partial charge is 0.395 e. The van der Waals surface area contributed by atoms with Crippen LogP contribution in [-0.4, -0.2) is 40.4 Å². The Kier molecular flexibility index (Phi) is 3.34. The number of aromatic nitrogens is 3. The summed E-state index contributed by atoms with van der Waals surface area (Å²) in [4.78, 5) is 10.2. The average molecular weight is 234 g/mol. The molecule has 17 heavy (non-hydrogen) atoms. The van der Waals surface area contributed by atoms with Crippen molar-refractivity contribution in [1.82, 2.24) is 15.1 Å². The van der Waals surface area contributed by atoms with Crippen LogP contribution in [0, 0.1) is 6.92 Å². The molecule has 0 aliphatic heterocycles. The highest BCUT2D eigenvalue weighted by atomic mass is 16.5. The van der Waals surface area contributed by atoms with Crippen LogP contribution < -0.4 is 4.90 Å². The van der Waals surface area contributed by atoms with Crippen LogP contribution >= 0.6 is 0 Å². The summed E-state index contributed by atoms with van der Waals surface area (Å²) in [6.07, 6.45) is 1.68. The number of aliphatic hydroxyl groups excluding tert-OH is 1. The predicted octanol–water partition coefficient (Wildman–Crippen LogP) is 0.869. The lowest BCUT2D eigenvalue weighted by molar-refractivity contribution is 0.304. The topological polar surface area (TPSA) is 75.3 Å². The number of rotatable bonds is 4. The second kappa shape index (κ2) is 4.92. The zero-order valence-corrected chi connectivity index (χ0v) is 9.79. The zero-order chi connectivity index (χ0) is 12.3. The molecular formula is C11H14N4O2. The maximum atomic E-state index is 8.88. The molecule has 1 N–H and O–H groups in total. The summed E-state index contributed by atoms with van der Waals surface area (Å²) in [6.45, 7) is 2.38. The molecule has 0 unspecified atom stereocenters. The van der Waals surface area contributed by atoms with Gasteiger partial charge in [-0.1, -0.05) is 5.16 Å². The highest BCUT2D eigenvalue weighted by Crippen LogP contribution is 2.20. The Morgan fingerprint density at radius 1 is 1.47 bits per heavy atom. The molecule has 6 heteroatoms. The first-order valence-electron chi connectivity index (χ1n) is 5.29. The van der Waals surface area contributed by atoms with Crippen molar-refractivity contribution in [3.05, 3.63) is 24.2 Å². The molecular weight excluding hydrogens is 220 g/mol. The van der Waals surface area contributed by atoms with Crippen molar-refractivity contribution in [3.8, 4) is 11.5 Å². The van der Waals surface area contributed by atoms with E-state index in [-0.39, 0.29) is 6.61 Å². The van der Waals surface area contributed by atoms with Gasteiger partial charge in [-0.25, -0.2) is 4.98 Å². The van der Waals surface area contributed by atoms with E-state index < -0.39 is 0 Å². The highest BCUT2D eigenvalue weighted by Gasteiger charge is 2.09. The van der Waals surface area contributed by atoms with Crippen LogP contribution in [0.25, 0.3) is 11.5 Å². The zero-order valence-electron chi connectivity index (χ0n) is 9.79. The summed E-state index contributed by atoms with van der Waals surface area (Å²) < 4.78 is 5.09. The lowest BCUT2D eigenvalue weighted by atomic mass is 10.2. The minimum absolute atomic E-state index is 0.0854. The third kappa shape index (κ3) is 2.59. The van der Waals surface area contributed by atoms with E-state index in [1.165, 1.54) is 0 Å². The molecule has 0 radical (unpaired) electrons. The molecule has 0 saturated carbocycles. The molecule has 0 fully saturated rings. The number of hydrogen-bond donors (Lipinski definition) is 1. The summed E-state index contributed by atoms with van der Waals surface area (Å²) in [7, 11) is 1.86. The van der Waals surface area contributed by atoms with E-state index in [0.717, 1.165) is 11.4 Å². The van der Waals surface area contributed by atoms with E-state index >= 15 is 0 Å². The van der Waals surface area contributed by atoms with Crippen molar-refractivity contribution in [2.75, 3.05) is 25.1 Å². The maximum Gasteiger partial charge on any atom is 0.258 e. The molecule has 0 aliphatic carbocycles. The number of aliphatic hydroxyl groups is 1. The van der Waals surface area contributed by atoms with Crippen molar-refractivity contribution in [1.29, 1.82) is 0 Å². The lowest BCUT2D eigenvalue weighted by Crippen LogP contribution is -2.22. The van der Waals surface area contributed by atoms with E-state index in [1.54, 1.807) is 13.1 Å². The van der Waals surface area contributed by atoms with Gasteiger partial charge in [0.05, 0.1) is 6.61 Å². The Balaban J connectivity index is 2.28. The lowest BCUT2D eigenvalue weighted by Gasteiger charge is -2.16. The molecule has 0 aromatic carbocycles. The van der Waals surface area contributed by atoms with Crippen LogP contribution in [0.4, 0.5) is 5.82 Å². The van der Waals surface area contributed by atoms with Gasteiger partial charge in [0.2, 0.25) is 0 Å². The van der Waals surface area contributed by atoms with Crippen LogP contribution in [-0.2, 0) is 0 Å². The van der Waals surface area contributed by atoms with Crippen molar-refractivity contribution in [2.45, 2.75) is 6.92 Å². The van der Waals surface area contributed by atoms with Gasteiger partial charge in [-0.05, 0) is 19.1 Å². The van der Waals surface area contributed by atoms with E-state index in [1.807, 2.05) is 24.1 Å². The van der Waals surface area contributed by atoms with Crippen LogP contribution in [0.15, 0.2) is 22.9 Å². The summed E-state index contributed by atoms with van der Waals surface area (Å²) in [5.74, 6) is 1.83. The first-order chi connectivity index (χ1) is 8.20. The van der Waals surface area contributed by atoms with Crippen molar-refractivity contribution >= 4 is 5.82 Å². The molecule has 0 aliphatic rings. The van der Waals surface area contributed by atoms with E-state index in [0.29, 0.717) is 18.3 Å². The SMILES string of the molecule is Cc1noc(-c2ccnc(N(C)CCO)c2)n1. The standard InChI is InChI=1S/C11H14N4O2/c1-8-13-11(17-14-8)9-3-4-12-10(7-9)15(2)5-6-16/h3-4,7,16H,5-6H2,1-2H3. The second-order valence-electron chi connectivity index (χ2n) is 3.69. The van der Waals surface area contributed by atoms with Gasteiger partial charge in [0, 0.05) is 25.4 Å². The van der Waals surface area contributed by atoms with E-state index in [9.17, 15) is 0 Å². The van der Waals surface area contributed by atoms with Gasteiger partial charge in [0.1, 0.15) is 5.82 Å². The Morgan fingerprint density at radius 2 is 2.29 bits per heavy atom. The van der Waals surface area contributed by atoms with E-state index in [4.69, 9.17) is 9.63 Å². The third-order valence-electron chi connectivity index (χ3n) is 2.35. The highest BCUT2D eigenvalue weighted by molar-refractivity contribution is 5.58. The fraction of sp³-hybridized carbons (Fsp3) is 0.364. The molecule has 2 rings (SSSR count). The smallest absolute Gasteiger partial charge is 0.258 e. The molecule has 2 heterocycles. The molecule has 90 valence electrons. The molecule has 0 saturated heterocycles. The van der Waals surface area contributed by atoms with Crippen LogP contribution in [0.5, 0.6) is 0 Å². The first-order valence-corrected chi connectivity index (χ1v) is 5.29. The quantitative estimate of drug-likeness (QED) is 0.846. The Bertz CT molecular complexity index is 498. The van der Waals surface area contributed by atoms with Gasteiger partial charge in [0.25, 0.3) is 5.89 Å². The number of aryl methyl sites for hydroxylation is 1. The van der Waals surface area contributed by atoms with Crippen molar-refractivity contribution in [2.24, 2.45) is 0 Å². The number of anilines is 1. The Labute approximate surface area is 98.9 Å². The van der Waals surface area contributed by atoms with Crippen molar-refractivity contribution in [3.63, 3.8) is 0 Å². The molecule has 2 aromatic rings. The van der Waals surface area contributed by atoms with Gasteiger partial charge in [-0.15, -0.1) is 0 Å². The summed E-state index contributed by atoms with van der Waals surface area (Å²) >= 11 is 0. The summed E-state index contributed by atoms with van der Waals surface area (Å²) in [6, 6.07) is 3.66. The predicted molar refractivity (Wildman–Crippen MR) is 62.6 cm³/mol. The average Bonchev–Trinajstić information content (AvgIpc) is 2.76. The van der Waals surface area contributed by atoms with Gasteiger partial charge < -0.3 is 14.5 Å². The van der Waals surface area contributed by atoms with Gasteiger partial charge >= 0.3 is 0 Å². The second-order valence-corrected chi connectivity index (χ2v) is 3.69. The molecule has 0 atom stereocenters. The molecule has 6 nitrogen and oxygen atoms in total. The van der Waals surface area contributed by atoms with Gasteiger partial charge in [0.15, 0.2) is 5.82 Å². The fourth-order valence-corrected chi connectivity index (χ4v) is 1.44. The normalized spacial score (nSPS) is 10.5. The minimum atomic E-state index is 0.0854. The third-order valence-corrected chi connectivity index (χ3v) is 2.35. The monoisotopic (exact) mass is 234 g/mol. The summed E-state index contributed by atoms with van der Waals surface area (Å²) in [5, 5.41) is 12.6. The van der Waals surface area contributed by atoms with Gasteiger partial charge in [-0.3, -0.25) is 0 Å². The minimum Gasteiger partial charge on any atom is -0.395 e. The first kappa shape index (κ1) is 11.5. The molecule has 0 spiro atoms. The van der Waals surface area contributed by atoms with Crippen LogP contribution in [0.1, 0.15) is 5.82 Å². The number of hydrogen-bond acceptors (Lipinski definition) is 6. The number of pyridine rings is 1. The Hall–Kier alpha value is -1.95. The maximum absolute atomic E-state index is 8.88. The Morgan fingerprint density at radius 3 is 2.94 bits per heavy atom. The number of likely N-dealkylation sites (N-methyl/N-ethyl adjacent to an activating group) is 1. The molecule has 0 bridgehead atoms. The number of nitrogens with zero attached hydrogens (tertiary/aromatic N) is 4. The summed E-state index contributed by atoms with van der Waals surface area (Å²) in [5.41, 5.74) is 0.820.